The quantitative estimate of drug-likeness (QED) is 0.452. The molecule has 2 aromatic carbocycles. The number of β-amino-alcohol motifs (C(OH)–C–C–N with tert-alkyl or cyclic N) is 1. The van der Waals surface area contributed by atoms with Crippen LogP contribution in [0.4, 0.5) is 4.39 Å². The number of aliphatic hydroxyl groups excluding tert-OH is 1. The van der Waals surface area contributed by atoms with E-state index in [1.54, 1.807) is 13.0 Å². The van der Waals surface area contributed by atoms with Gasteiger partial charge >= 0.3 is 5.97 Å². The lowest BCUT2D eigenvalue weighted by Crippen LogP contribution is -2.39. The Bertz CT molecular complexity index is 934. The van der Waals surface area contributed by atoms with Gasteiger partial charge < -0.3 is 14.6 Å². The predicted molar refractivity (Wildman–Crippen MR) is 131 cm³/mol. The number of carbonyl (C=O) groups excluding carboxylic acids is 1. The summed E-state index contributed by atoms with van der Waals surface area (Å²) < 4.78 is 24.7. The standard InChI is InChI=1S/C28H38FNO4/c1-20-13-14-22(17-27(20)29)16-24-10-7-15-30(24)18-25(31)19-34-21(2)26-11-5-4-8-23(26)9-6-12-28(32)33-3/h4-5,8,11,13-14,17,21,24-25,31H,6-7,9-10,12,15-16,18-19H2,1-3H3/t21-,24+,25-/m1/s1. The lowest BCUT2D eigenvalue weighted by molar-refractivity contribution is -0.140. The van der Waals surface area contributed by atoms with Crippen LogP contribution in [0.1, 0.15) is 61.0 Å². The van der Waals surface area contributed by atoms with Crippen LogP contribution in [0.15, 0.2) is 42.5 Å². The Hall–Kier alpha value is -2.28. The number of likely N-dealkylation sites (tertiary alicyclic amines) is 1. The second-order valence-electron chi connectivity index (χ2n) is 9.34. The number of benzene rings is 2. The van der Waals surface area contributed by atoms with Gasteiger partial charge in [-0.1, -0.05) is 36.4 Å². The SMILES string of the molecule is COC(=O)CCCc1ccccc1[C@@H](C)OC[C@H](O)CN1CCC[C@H]1Cc1ccc(C)c(F)c1. The summed E-state index contributed by atoms with van der Waals surface area (Å²) in [6, 6.07) is 13.9. The number of carbonyl (C=O) groups is 1. The van der Waals surface area contributed by atoms with Gasteiger partial charge in [-0.15, -0.1) is 0 Å². The van der Waals surface area contributed by atoms with E-state index in [0.717, 1.165) is 55.3 Å². The van der Waals surface area contributed by atoms with Crippen molar-refractivity contribution < 1.29 is 23.8 Å². The van der Waals surface area contributed by atoms with Gasteiger partial charge in [0.25, 0.3) is 0 Å². The number of rotatable bonds is 12. The van der Waals surface area contributed by atoms with Crippen molar-refractivity contribution in [2.75, 3.05) is 26.8 Å². The number of halogens is 1. The van der Waals surface area contributed by atoms with Crippen LogP contribution < -0.4 is 0 Å². The van der Waals surface area contributed by atoms with Crippen LogP contribution in [0.2, 0.25) is 0 Å². The molecule has 5 nitrogen and oxygen atoms in total. The van der Waals surface area contributed by atoms with Gasteiger partial charge in [0.05, 0.1) is 25.9 Å². The Morgan fingerprint density at radius 3 is 2.82 bits per heavy atom. The number of methoxy groups -OCH3 is 1. The second-order valence-corrected chi connectivity index (χ2v) is 9.34. The molecule has 1 N–H and O–H groups in total. The van der Waals surface area contributed by atoms with Gasteiger partial charge in [-0.3, -0.25) is 9.69 Å². The number of esters is 1. The van der Waals surface area contributed by atoms with Crippen molar-refractivity contribution in [1.82, 2.24) is 4.90 Å². The molecule has 3 atom stereocenters. The Morgan fingerprint density at radius 2 is 2.06 bits per heavy atom. The molecular formula is C28H38FNO4. The van der Waals surface area contributed by atoms with Crippen LogP contribution >= 0.6 is 0 Å². The highest BCUT2D eigenvalue weighted by Crippen LogP contribution is 2.25. The molecule has 1 aliphatic heterocycles. The summed E-state index contributed by atoms with van der Waals surface area (Å²) in [5.41, 5.74) is 3.90. The van der Waals surface area contributed by atoms with Crippen molar-refractivity contribution in [1.29, 1.82) is 0 Å². The third-order valence-corrected chi connectivity index (χ3v) is 6.74. The summed E-state index contributed by atoms with van der Waals surface area (Å²) in [5.74, 6) is -0.354. The average Bonchev–Trinajstić information content (AvgIpc) is 3.26. The zero-order valence-corrected chi connectivity index (χ0v) is 20.6. The highest BCUT2D eigenvalue weighted by atomic mass is 19.1. The van der Waals surface area contributed by atoms with E-state index >= 15 is 0 Å². The molecule has 0 bridgehead atoms. The molecule has 3 rings (SSSR count). The molecule has 0 aromatic heterocycles. The fourth-order valence-corrected chi connectivity index (χ4v) is 4.75. The summed E-state index contributed by atoms with van der Waals surface area (Å²) in [5, 5.41) is 10.7. The van der Waals surface area contributed by atoms with Crippen molar-refractivity contribution in [3.05, 3.63) is 70.5 Å². The maximum absolute atomic E-state index is 13.9. The molecule has 34 heavy (non-hydrogen) atoms. The first-order valence-corrected chi connectivity index (χ1v) is 12.3. The Balaban J connectivity index is 1.49. The molecule has 1 fully saturated rings. The van der Waals surface area contributed by atoms with Crippen molar-refractivity contribution in [2.24, 2.45) is 0 Å². The number of nitrogens with zero attached hydrogens (tertiary/aromatic N) is 1. The second kappa shape index (κ2) is 13.0. The number of hydrogen-bond acceptors (Lipinski definition) is 5. The molecule has 0 spiro atoms. The van der Waals surface area contributed by atoms with E-state index in [-0.39, 0.29) is 24.5 Å². The fourth-order valence-electron chi connectivity index (χ4n) is 4.75. The maximum Gasteiger partial charge on any atom is 0.305 e. The average molecular weight is 472 g/mol. The summed E-state index contributed by atoms with van der Waals surface area (Å²) in [7, 11) is 1.41. The molecule has 0 aliphatic carbocycles. The Kier molecular flexibility index (Phi) is 10.1. The molecule has 1 saturated heterocycles. The van der Waals surface area contributed by atoms with Crippen molar-refractivity contribution in [3.8, 4) is 0 Å². The molecule has 1 aliphatic rings. The van der Waals surface area contributed by atoms with Gasteiger partial charge in [0.2, 0.25) is 0 Å². The summed E-state index contributed by atoms with van der Waals surface area (Å²) in [6.45, 7) is 5.51. The van der Waals surface area contributed by atoms with Gasteiger partial charge in [-0.05, 0) is 80.8 Å². The first-order chi connectivity index (χ1) is 16.4. The van der Waals surface area contributed by atoms with Gasteiger partial charge in [0, 0.05) is 19.0 Å². The van der Waals surface area contributed by atoms with E-state index in [2.05, 4.69) is 11.0 Å². The summed E-state index contributed by atoms with van der Waals surface area (Å²) in [6.07, 6.45) is 4.07. The van der Waals surface area contributed by atoms with Crippen LogP contribution in [0.5, 0.6) is 0 Å². The number of aliphatic hydroxyl groups is 1. The van der Waals surface area contributed by atoms with Gasteiger partial charge in [-0.2, -0.15) is 0 Å². The fraction of sp³-hybridized carbons (Fsp3) is 0.536. The monoisotopic (exact) mass is 471 g/mol. The topological polar surface area (TPSA) is 59.0 Å². The lowest BCUT2D eigenvalue weighted by atomic mass is 9.98. The largest absolute Gasteiger partial charge is 0.469 e. The van der Waals surface area contributed by atoms with Crippen LogP contribution in [0.25, 0.3) is 0 Å². The molecule has 2 aromatic rings. The first kappa shape index (κ1) is 26.3. The van der Waals surface area contributed by atoms with Crippen LogP contribution in [0, 0.1) is 12.7 Å². The normalized spacial score (nSPS) is 18.1. The van der Waals surface area contributed by atoms with E-state index < -0.39 is 6.10 Å². The number of ether oxygens (including phenoxy) is 2. The van der Waals surface area contributed by atoms with Crippen LogP contribution in [-0.2, 0) is 27.1 Å². The minimum Gasteiger partial charge on any atom is -0.469 e. The molecule has 6 heteroatoms. The molecule has 1 heterocycles. The van der Waals surface area contributed by atoms with E-state index in [4.69, 9.17) is 9.47 Å². The minimum absolute atomic E-state index is 0.157. The minimum atomic E-state index is -0.593. The van der Waals surface area contributed by atoms with Crippen molar-refractivity contribution in [3.63, 3.8) is 0 Å². The van der Waals surface area contributed by atoms with Crippen molar-refractivity contribution in [2.45, 2.75) is 70.6 Å². The van der Waals surface area contributed by atoms with Crippen LogP contribution in [-0.4, -0.2) is 54.9 Å². The summed E-state index contributed by atoms with van der Waals surface area (Å²) in [4.78, 5) is 13.7. The molecule has 186 valence electrons. The van der Waals surface area contributed by atoms with Crippen molar-refractivity contribution >= 4 is 5.97 Å². The van der Waals surface area contributed by atoms with E-state index in [0.29, 0.717) is 24.6 Å². The summed E-state index contributed by atoms with van der Waals surface area (Å²) >= 11 is 0. The highest BCUT2D eigenvalue weighted by Gasteiger charge is 2.27. The van der Waals surface area contributed by atoms with Gasteiger partial charge in [0.1, 0.15) is 5.82 Å². The molecule has 0 radical (unpaired) electrons. The van der Waals surface area contributed by atoms with Crippen LogP contribution in [0.3, 0.4) is 0 Å². The van der Waals surface area contributed by atoms with Gasteiger partial charge in [0.15, 0.2) is 0 Å². The third kappa shape index (κ3) is 7.62. The van der Waals surface area contributed by atoms with Gasteiger partial charge in [-0.25, -0.2) is 4.39 Å². The van der Waals surface area contributed by atoms with E-state index in [9.17, 15) is 14.3 Å². The smallest absolute Gasteiger partial charge is 0.305 e. The third-order valence-electron chi connectivity index (χ3n) is 6.74. The molecular weight excluding hydrogens is 433 g/mol. The molecule has 0 saturated carbocycles. The van der Waals surface area contributed by atoms with E-state index in [1.807, 2.05) is 37.3 Å². The Morgan fingerprint density at radius 1 is 1.26 bits per heavy atom. The zero-order chi connectivity index (χ0) is 24.5. The maximum atomic E-state index is 13.9. The molecule has 0 unspecified atom stereocenters. The van der Waals surface area contributed by atoms with E-state index in [1.165, 1.54) is 7.11 Å². The number of hydrogen-bond donors (Lipinski definition) is 1. The predicted octanol–water partition coefficient (Wildman–Crippen LogP) is 4.78. The zero-order valence-electron chi connectivity index (χ0n) is 20.6. The lowest BCUT2D eigenvalue weighted by Gasteiger charge is -2.28. The highest BCUT2D eigenvalue weighted by molar-refractivity contribution is 5.69. The first-order valence-electron chi connectivity index (χ1n) is 12.3. The number of aryl methyl sites for hydroxylation is 2. The molecule has 0 amide bonds. The Labute approximate surface area is 202 Å².